The lowest BCUT2D eigenvalue weighted by atomic mass is 9.74. The van der Waals surface area contributed by atoms with Crippen LogP contribution in [-0.4, -0.2) is 30.4 Å². The normalized spacial score (nSPS) is 18.6. The van der Waals surface area contributed by atoms with E-state index in [0.29, 0.717) is 6.42 Å². The smallest absolute Gasteiger partial charge is 0.227 e. The number of carbonyl (C=O) groups excluding carboxylic acids is 1. The number of amides is 1. The van der Waals surface area contributed by atoms with E-state index >= 15 is 0 Å². The van der Waals surface area contributed by atoms with Crippen LogP contribution in [0, 0.1) is 12.3 Å². The van der Waals surface area contributed by atoms with E-state index < -0.39 is 0 Å². The van der Waals surface area contributed by atoms with Crippen LogP contribution in [0.25, 0.3) is 0 Å². The van der Waals surface area contributed by atoms with Crippen molar-refractivity contribution in [1.29, 1.82) is 0 Å². The minimum Gasteiger partial charge on any atom is -0.311 e. The maximum atomic E-state index is 13.2. The summed E-state index contributed by atoms with van der Waals surface area (Å²) in [7, 11) is 0. The Morgan fingerprint density at radius 2 is 1.83 bits per heavy atom. The van der Waals surface area contributed by atoms with E-state index in [1.54, 1.807) is 0 Å². The number of piperidine rings is 1. The fraction of sp³-hybridized carbons (Fsp3) is 0.500. The van der Waals surface area contributed by atoms with E-state index in [9.17, 15) is 4.79 Å². The number of fused-ring (bicyclic) bond motifs is 2. The highest BCUT2D eigenvalue weighted by Crippen LogP contribution is 2.48. The number of benzene rings is 2. The van der Waals surface area contributed by atoms with Crippen molar-refractivity contribution >= 4 is 23.2 Å². The Hall–Kier alpha value is -1.84. The van der Waals surface area contributed by atoms with Gasteiger partial charge in [0, 0.05) is 35.6 Å². The van der Waals surface area contributed by atoms with Crippen molar-refractivity contribution < 1.29 is 4.79 Å². The molecule has 0 atom stereocenters. The van der Waals surface area contributed by atoms with Gasteiger partial charge in [-0.05, 0) is 67.6 Å². The zero-order valence-corrected chi connectivity index (χ0v) is 19.4. The molecule has 0 aliphatic carbocycles. The Morgan fingerprint density at radius 1 is 1.10 bits per heavy atom. The lowest BCUT2D eigenvalue weighted by Crippen LogP contribution is -2.46. The molecule has 0 saturated carbocycles. The Labute approximate surface area is 186 Å². The highest BCUT2D eigenvalue weighted by Gasteiger charge is 2.46. The molecule has 30 heavy (non-hydrogen) atoms. The number of rotatable bonds is 3. The molecule has 2 heterocycles. The maximum Gasteiger partial charge on any atom is 0.227 e. The molecular weight excluding hydrogens is 392 g/mol. The third kappa shape index (κ3) is 4.43. The fourth-order valence-corrected chi connectivity index (χ4v) is 5.23. The lowest BCUT2D eigenvalue weighted by molar-refractivity contribution is -0.120. The molecule has 1 saturated heterocycles. The molecule has 0 unspecified atom stereocenters. The average molecular weight is 425 g/mol. The molecule has 2 aromatic carbocycles. The number of hydrogen-bond donors (Lipinski definition) is 0. The highest BCUT2D eigenvalue weighted by atomic mass is 35.5. The number of hydrogen-bond acceptors (Lipinski definition) is 2. The van der Waals surface area contributed by atoms with Gasteiger partial charge in [-0.1, -0.05) is 62.2 Å². The average Bonchev–Trinajstić information content (AvgIpc) is 2.96. The first-order valence-electron chi connectivity index (χ1n) is 11.0. The van der Waals surface area contributed by atoms with Crippen molar-refractivity contribution in [3.63, 3.8) is 0 Å². The summed E-state index contributed by atoms with van der Waals surface area (Å²) >= 11 is 6.17. The first-order valence-corrected chi connectivity index (χ1v) is 11.4. The summed E-state index contributed by atoms with van der Waals surface area (Å²) in [5.41, 5.74) is 5.14. The molecule has 0 N–H and O–H groups in total. The molecule has 0 bridgehead atoms. The molecule has 0 aromatic heterocycles. The molecule has 2 aliphatic rings. The van der Waals surface area contributed by atoms with Crippen LogP contribution in [0.3, 0.4) is 0 Å². The quantitative estimate of drug-likeness (QED) is 0.606. The predicted octanol–water partition coefficient (Wildman–Crippen LogP) is 5.97. The molecular formula is C26H33ClN2O. The summed E-state index contributed by atoms with van der Waals surface area (Å²) in [6.45, 7) is 12.4. The zero-order valence-electron chi connectivity index (χ0n) is 18.7. The van der Waals surface area contributed by atoms with Crippen LogP contribution in [0.1, 0.15) is 56.7 Å². The van der Waals surface area contributed by atoms with E-state index in [0.717, 1.165) is 49.7 Å². The SMILES string of the molecule is Cc1ccc2c(c1)C1(CCN(Cc3cccc(Cl)c3)CC1)CN2C(=O)CC(C)(C)C. The standard InChI is InChI=1S/C26H33ClN2O/c1-19-8-9-23-22(14-19)26(18-29(23)24(30)16-25(2,3)4)10-12-28(13-11-26)17-20-6-5-7-21(27)15-20/h5-9,14-15H,10-13,16-18H2,1-4H3. The fourth-order valence-electron chi connectivity index (χ4n) is 5.01. The first-order chi connectivity index (χ1) is 14.2. The summed E-state index contributed by atoms with van der Waals surface area (Å²) in [6.07, 6.45) is 2.75. The topological polar surface area (TPSA) is 23.6 Å². The van der Waals surface area contributed by atoms with Gasteiger partial charge in [0.15, 0.2) is 0 Å². The minimum atomic E-state index is -0.00197. The minimum absolute atomic E-state index is 0.00197. The Balaban J connectivity index is 1.53. The molecule has 2 aromatic rings. The number of likely N-dealkylation sites (tertiary alicyclic amines) is 1. The van der Waals surface area contributed by atoms with E-state index in [1.807, 2.05) is 12.1 Å². The van der Waals surface area contributed by atoms with Crippen LogP contribution < -0.4 is 4.90 Å². The second-order valence-electron chi connectivity index (χ2n) is 10.4. The molecule has 0 radical (unpaired) electrons. The molecule has 4 heteroatoms. The largest absolute Gasteiger partial charge is 0.311 e. The number of anilines is 1. The first kappa shape index (κ1) is 21.4. The number of aryl methyl sites for hydroxylation is 1. The summed E-state index contributed by atoms with van der Waals surface area (Å²) in [5.74, 6) is 0.255. The van der Waals surface area contributed by atoms with Crippen molar-refractivity contribution in [2.75, 3.05) is 24.5 Å². The maximum absolute atomic E-state index is 13.2. The monoisotopic (exact) mass is 424 g/mol. The molecule has 1 spiro atoms. The van der Waals surface area contributed by atoms with Gasteiger partial charge in [-0.25, -0.2) is 0 Å². The summed E-state index contributed by atoms with van der Waals surface area (Å²) in [5, 5.41) is 0.800. The summed E-state index contributed by atoms with van der Waals surface area (Å²) in [4.78, 5) is 17.8. The van der Waals surface area contributed by atoms with Crippen LogP contribution >= 0.6 is 11.6 Å². The summed E-state index contributed by atoms with van der Waals surface area (Å²) in [6, 6.07) is 14.8. The highest BCUT2D eigenvalue weighted by molar-refractivity contribution is 6.30. The van der Waals surface area contributed by atoms with Crippen molar-refractivity contribution in [3.8, 4) is 0 Å². The third-order valence-corrected chi connectivity index (χ3v) is 6.80. The van der Waals surface area contributed by atoms with Gasteiger partial charge >= 0.3 is 0 Å². The van der Waals surface area contributed by atoms with E-state index in [2.05, 4.69) is 67.8 Å². The Bertz CT molecular complexity index is 938. The van der Waals surface area contributed by atoms with E-state index in [4.69, 9.17) is 11.6 Å². The van der Waals surface area contributed by atoms with Gasteiger partial charge in [-0.3, -0.25) is 9.69 Å². The van der Waals surface area contributed by atoms with Crippen molar-refractivity contribution in [1.82, 2.24) is 4.90 Å². The Kier molecular flexibility index (Phi) is 5.71. The van der Waals surface area contributed by atoms with Gasteiger partial charge in [0.25, 0.3) is 0 Å². The molecule has 3 nitrogen and oxygen atoms in total. The van der Waals surface area contributed by atoms with Crippen LogP contribution in [0.2, 0.25) is 5.02 Å². The predicted molar refractivity (Wildman–Crippen MR) is 125 cm³/mol. The van der Waals surface area contributed by atoms with E-state index in [-0.39, 0.29) is 16.7 Å². The second kappa shape index (κ2) is 8.01. The third-order valence-electron chi connectivity index (χ3n) is 6.57. The number of halogens is 1. The lowest BCUT2D eigenvalue weighted by Gasteiger charge is -2.40. The van der Waals surface area contributed by atoms with Crippen LogP contribution in [-0.2, 0) is 16.8 Å². The van der Waals surface area contributed by atoms with Crippen molar-refractivity contribution in [2.24, 2.45) is 5.41 Å². The Morgan fingerprint density at radius 3 is 2.50 bits per heavy atom. The van der Waals surface area contributed by atoms with Gasteiger partial charge in [0.05, 0.1) is 0 Å². The number of nitrogens with zero attached hydrogens (tertiary/aromatic N) is 2. The van der Waals surface area contributed by atoms with Gasteiger partial charge in [-0.15, -0.1) is 0 Å². The second-order valence-corrected chi connectivity index (χ2v) is 10.9. The molecule has 1 amide bonds. The molecule has 4 rings (SSSR count). The van der Waals surface area contributed by atoms with Crippen molar-refractivity contribution in [2.45, 2.75) is 58.9 Å². The summed E-state index contributed by atoms with van der Waals surface area (Å²) < 4.78 is 0. The van der Waals surface area contributed by atoms with Crippen LogP contribution in [0.4, 0.5) is 5.69 Å². The molecule has 1 fully saturated rings. The van der Waals surface area contributed by atoms with Crippen LogP contribution in [0.5, 0.6) is 0 Å². The van der Waals surface area contributed by atoms with E-state index in [1.165, 1.54) is 16.7 Å². The van der Waals surface area contributed by atoms with Gasteiger partial charge in [-0.2, -0.15) is 0 Å². The number of carbonyl (C=O) groups is 1. The molecule has 160 valence electrons. The van der Waals surface area contributed by atoms with Gasteiger partial charge < -0.3 is 4.90 Å². The van der Waals surface area contributed by atoms with Gasteiger partial charge in [0.1, 0.15) is 0 Å². The molecule has 2 aliphatic heterocycles. The zero-order chi connectivity index (χ0) is 21.5. The van der Waals surface area contributed by atoms with Gasteiger partial charge in [0.2, 0.25) is 5.91 Å². The van der Waals surface area contributed by atoms with Crippen LogP contribution in [0.15, 0.2) is 42.5 Å². The van der Waals surface area contributed by atoms with Crippen molar-refractivity contribution in [3.05, 3.63) is 64.2 Å².